The molecular formula is C30H25F6NO2. The number of carboxylic acids is 1. The predicted molar refractivity (Wildman–Crippen MR) is 133 cm³/mol. The van der Waals surface area contributed by atoms with E-state index in [9.17, 15) is 36.2 Å². The lowest BCUT2D eigenvalue weighted by molar-refractivity contribution is -0.139. The van der Waals surface area contributed by atoms with Crippen molar-refractivity contribution in [3.63, 3.8) is 0 Å². The molecule has 0 aliphatic carbocycles. The van der Waals surface area contributed by atoms with E-state index in [1.807, 2.05) is 11.0 Å². The smallest absolute Gasteiger partial charge is 0.416 e. The number of aliphatic carboxylic acids is 1. The van der Waals surface area contributed by atoms with Gasteiger partial charge in [-0.15, -0.1) is 0 Å². The van der Waals surface area contributed by atoms with Crippen LogP contribution in [-0.4, -0.2) is 22.5 Å². The third-order valence-electron chi connectivity index (χ3n) is 6.85. The van der Waals surface area contributed by atoms with Crippen molar-refractivity contribution in [1.29, 1.82) is 0 Å². The van der Waals surface area contributed by atoms with Crippen molar-refractivity contribution in [3.05, 3.63) is 107 Å². The van der Waals surface area contributed by atoms with Gasteiger partial charge in [-0.1, -0.05) is 54.3 Å². The Morgan fingerprint density at radius 1 is 0.872 bits per heavy atom. The second-order valence-electron chi connectivity index (χ2n) is 9.52. The lowest BCUT2D eigenvalue weighted by atomic mass is 9.83. The van der Waals surface area contributed by atoms with Crippen LogP contribution in [0.15, 0.2) is 78.9 Å². The van der Waals surface area contributed by atoms with Crippen molar-refractivity contribution in [2.45, 2.75) is 43.7 Å². The molecule has 204 valence electrons. The largest absolute Gasteiger partial charge is 0.481 e. The quantitative estimate of drug-likeness (QED) is 0.263. The fourth-order valence-corrected chi connectivity index (χ4v) is 4.90. The lowest BCUT2D eigenvalue weighted by Crippen LogP contribution is -2.39. The summed E-state index contributed by atoms with van der Waals surface area (Å²) >= 11 is 0. The Balaban J connectivity index is 1.76. The van der Waals surface area contributed by atoms with Crippen LogP contribution < -0.4 is 0 Å². The number of carbonyl (C=O) groups is 1. The summed E-state index contributed by atoms with van der Waals surface area (Å²) in [6.45, 7) is 0.360. The van der Waals surface area contributed by atoms with Crippen molar-refractivity contribution in [2.24, 2.45) is 5.92 Å². The maximum absolute atomic E-state index is 13.2. The highest BCUT2D eigenvalue weighted by Crippen LogP contribution is 2.42. The standard InChI is InChI=1S/C30H25F6NO2/c31-29(32,33)24-11-7-22(8-12-24)26(15-6-20-4-2-1-3-5-20)37-17-16-21(19-28(38)39)18-27(37)23-9-13-25(14-10-23)30(34,35)36/h1-5,7-14,21,26-27H,16-19H2,(H,38,39)/t21-,26-,27+/m0/s1. The van der Waals surface area contributed by atoms with Crippen LogP contribution in [0, 0.1) is 17.8 Å². The third-order valence-corrected chi connectivity index (χ3v) is 6.85. The summed E-state index contributed by atoms with van der Waals surface area (Å²) in [6, 6.07) is 17.2. The van der Waals surface area contributed by atoms with E-state index in [0.29, 0.717) is 36.1 Å². The topological polar surface area (TPSA) is 40.5 Å². The van der Waals surface area contributed by atoms with Gasteiger partial charge in [0.05, 0.1) is 17.2 Å². The molecule has 1 saturated heterocycles. The molecular weight excluding hydrogens is 520 g/mol. The second kappa shape index (κ2) is 11.5. The molecule has 1 aliphatic heterocycles. The van der Waals surface area contributed by atoms with Crippen molar-refractivity contribution < 1.29 is 36.2 Å². The molecule has 3 aromatic rings. The number of hydrogen-bond acceptors (Lipinski definition) is 2. The van der Waals surface area contributed by atoms with Gasteiger partial charge < -0.3 is 5.11 Å². The van der Waals surface area contributed by atoms with Gasteiger partial charge in [0, 0.05) is 24.6 Å². The lowest BCUT2D eigenvalue weighted by Gasteiger charge is -2.42. The van der Waals surface area contributed by atoms with Crippen LogP contribution in [0.2, 0.25) is 0 Å². The molecule has 0 saturated carbocycles. The molecule has 0 unspecified atom stereocenters. The van der Waals surface area contributed by atoms with Gasteiger partial charge in [-0.2, -0.15) is 26.3 Å². The molecule has 0 amide bonds. The molecule has 0 spiro atoms. The summed E-state index contributed by atoms with van der Waals surface area (Å²) < 4.78 is 79.3. The highest BCUT2D eigenvalue weighted by atomic mass is 19.4. The van der Waals surface area contributed by atoms with E-state index in [0.717, 1.165) is 24.3 Å². The van der Waals surface area contributed by atoms with E-state index >= 15 is 0 Å². The second-order valence-corrected chi connectivity index (χ2v) is 9.52. The minimum atomic E-state index is -4.51. The number of benzene rings is 3. The summed E-state index contributed by atoms with van der Waals surface area (Å²) in [7, 11) is 0. The van der Waals surface area contributed by atoms with Crippen LogP contribution in [0.5, 0.6) is 0 Å². The molecule has 1 heterocycles. The summed E-state index contributed by atoms with van der Waals surface area (Å²) in [5.74, 6) is 5.05. The van der Waals surface area contributed by atoms with E-state index in [-0.39, 0.29) is 12.3 Å². The summed E-state index contributed by atoms with van der Waals surface area (Å²) in [5.41, 5.74) is 0.136. The zero-order valence-electron chi connectivity index (χ0n) is 20.6. The van der Waals surface area contributed by atoms with Gasteiger partial charge in [0.2, 0.25) is 0 Å². The minimum Gasteiger partial charge on any atom is -0.481 e. The van der Waals surface area contributed by atoms with E-state index in [4.69, 9.17) is 0 Å². The van der Waals surface area contributed by atoms with Crippen LogP contribution in [0.3, 0.4) is 0 Å². The molecule has 1 N–H and O–H groups in total. The van der Waals surface area contributed by atoms with Gasteiger partial charge in [-0.25, -0.2) is 0 Å². The SMILES string of the molecule is O=C(O)C[C@H]1CCN([C@@H](C#Cc2ccccc2)c2ccc(C(F)(F)F)cc2)[C@@H](c2ccc(C(F)(F)F)cc2)C1. The zero-order valence-corrected chi connectivity index (χ0v) is 20.6. The Morgan fingerprint density at radius 2 is 1.44 bits per heavy atom. The fraction of sp³-hybridized carbons (Fsp3) is 0.300. The van der Waals surface area contributed by atoms with Crippen LogP contribution in [0.1, 0.15) is 59.2 Å². The Labute approximate surface area is 222 Å². The molecule has 9 heteroatoms. The maximum Gasteiger partial charge on any atom is 0.416 e. The molecule has 0 aromatic heterocycles. The molecule has 4 rings (SSSR count). The van der Waals surface area contributed by atoms with Gasteiger partial charge in [-0.3, -0.25) is 9.69 Å². The Kier molecular flexibility index (Phi) is 8.36. The Bertz CT molecular complexity index is 1320. The summed E-state index contributed by atoms with van der Waals surface area (Å²) in [6.07, 6.45) is -8.27. The number of carboxylic acid groups (broad SMARTS) is 1. The number of halogens is 6. The molecule has 3 aromatic carbocycles. The number of nitrogens with zero attached hydrogens (tertiary/aromatic N) is 1. The third kappa shape index (κ3) is 7.21. The molecule has 1 aliphatic rings. The van der Waals surface area contributed by atoms with E-state index in [1.165, 1.54) is 24.3 Å². The highest BCUT2D eigenvalue weighted by Gasteiger charge is 2.37. The number of rotatable bonds is 5. The van der Waals surface area contributed by atoms with E-state index in [1.54, 1.807) is 24.3 Å². The van der Waals surface area contributed by atoms with E-state index in [2.05, 4.69) is 11.8 Å². The highest BCUT2D eigenvalue weighted by molar-refractivity contribution is 5.67. The van der Waals surface area contributed by atoms with Gasteiger partial charge in [-0.05, 0) is 66.3 Å². The van der Waals surface area contributed by atoms with Gasteiger partial charge >= 0.3 is 18.3 Å². The van der Waals surface area contributed by atoms with Crippen LogP contribution in [0.4, 0.5) is 26.3 Å². The predicted octanol–water partition coefficient (Wildman–Crippen LogP) is 7.75. The van der Waals surface area contributed by atoms with Crippen LogP contribution in [-0.2, 0) is 17.1 Å². The molecule has 1 fully saturated rings. The first-order valence-corrected chi connectivity index (χ1v) is 12.3. The Morgan fingerprint density at radius 3 is 1.97 bits per heavy atom. The number of likely N-dealkylation sites (tertiary alicyclic amines) is 1. The fourth-order valence-electron chi connectivity index (χ4n) is 4.90. The van der Waals surface area contributed by atoms with Gasteiger partial charge in [0.1, 0.15) is 0 Å². The van der Waals surface area contributed by atoms with Crippen LogP contribution in [0.25, 0.3) is 0 Å². The van der Waals surface area contributed by atoms with Gasteiger partial charge in [0.25, 0.3) is 0 Å². The van der Waals surface area contributed by atoms with Crippen molar-refractivity contribution >= 4 is 5.97 Å². The average molecular weight is 546 g/mol. The molecule has 3 atom stereocenters. The first-order chi connectivity index (χ1) is 18.4. The number of alkyl halides is 6. The first-order valence-electron chi connectivity index (χ1n) is 12.3. The van der Waals surface area contributed by atoms with Crippen molar-refractivity contribution in [1.82, 2.24) is 4.90 Å². The normalized spacial score (nSPS) is 19.1. The number of hydrogen-bond donors (Lipinski definition) is 1. The van der Waals surface area contributed by atoms with Crippen molar-refractivity contribution in [2.75, 3.05) is 6.54 Å². The molecule has 39 heavy (non-hydrogen) atoms. The molecule has 0 radical (unpaired) electrons. The van der Waals surface area contributed by atoms with Crippen molar-refractivity contribution in [3.8, 4) is 11.8 Å². The summed E-state index contributed by atoms with van der Waals surface area (Å²) in [5, 5.41) is 9.35. The molecule has 3 nitrogen and oxygen atoms in total. The van der Waals surface area contributed by atoms with Gasteiger partial charge in [0.15, 0.2) is 0 Å². The van der Waals surface area contributed by atoms with E-state index < -0.39 is 41.5 Å². The molecule has 0 bridgehead atoms. The minimum absolute atomic E-state index is 0.0917. The van der Waals surface area contributed by atoms with Crippen LogP contribution >= 0.6 is 0 Å². The monoisotopic (exact) mass is 545 g/mol. The number of piperidine rings is 1. The zero-order chi connectivity index (χ0) is 28.2. The Hall–Kier alpha value is -3.77. The maximum atomic E-state index is 13.2. The first kappa shape index (κ1) is 28.2. The summed E-state index contributed by atoms with van der Waals surface area (Å²) in [4.78, 5) is 13.4. The average Bonchev–Trinajstić information content (AvgIpc) is 2.89.